The highest BCUT2D eigenvalue weighted by atomic mass is 16.3. The highest BCUT2D eigenvalue weighted by Gasteiger charge is 2.27. The van der Waals surface area contributed by atoms with Crippen molar-refractivity contribution in [2.45, 2.75) is 19.8 Å². The molecule has 0 saturated carbocycles. The topological polar surface area (TPSA) is 82.8 Å². The third kappa shape index (κ3) is 4.45. The van der Waals surface area contributed by atoms with Crippen molar-refractivity contribution in [3.63, 3.8) is 0 Å². The Labute approximate surface area is 158 Å². The average molecular weight is 371 g/mol. The first-order valence-electron chi connectivity index (χ1n) is 9.27. The summed E-state index contributed by atoms with van der Waals surface area (Å²) in [5, 5.41) is 8.28. The van der Waals surface area contributed by atoms with Crippen LogP contribution in [-0.4, -0.2) is 71.6 Å². The van der Waals surface area contributed by atoms with E-state index >= 15 is 0 Å². The first kappa shape index (κ1) is 18.9. The van der Waals surface area contributed by atoms with Gasteiger partial charge in [-0.25, -0.2) is 0 Å². The summed E-state index contributed by atoms with van der Waals surface area (Å²) in [7, 11) is 1.97. The Bertz CT molecular complexity index is 752. The normalized spacial score (nSPS) is 14.3. The third-order valence-corrected chi connectivity index (χ3v) is 4.69. The lowest BCUT2D eigenvalue weighted by atomic mass is 10.2. The van der Waals surface area contributed by atoms with E-state index < -0.39 is 0 Å². The van der Waals surface area contributed by atoms with E-state index in [4.69, 9.17) is 4.42 Å². The molecule has 0 aromatic carbocycles. The lowest BCUT2D eigenvalue weighted by Crippen LogP contribution is -2.50. The molecule has 0 aliphatic carbocycles. The van der Waals surface area contributed by atoms with Crippen LogP contribution in [0.5, 0.6) is 0 Å². The predicted octanol–water partition coefficient (Wildman–Crippen LogP) is 1.90. The molecule has 2 aromatic heterocycles. The van der Waals surface area contributed by atoms with Gasteiger partial charge in [0.15, 0.2) is 17.3 Å². The summed E-state index contributed by atoms with van der Waals surface area (Å²) in [6.07, 6.45) is 3.68. The summed E-state index contributed by atoms with van der Waals surface area (Å²) in [6, 6.07) is 6.88. The molecule has 2 amide bonds. The summed E-state index contributed by atoms with van der Waals surface area (Å²) in [5.41, 5.74) is 0.327. The van der Waals surface area contributed by atoms with Crippen LogP contribution in [-0.2, 0) is 0 Å². The number of anilines is 1. The van der Waals surface area contributed by atoms with Gasteiger partial charge in [-0.1, -0.05) is 13.3 Å². The van der Waals surface area contributed by atoms with Crippen molar-refractivity contribution in [2.24, 2.45) is 0 Å². The lowest BCUT2D eigenvalue weighted by Gasteiger charge is -2.34. The molecule has 3 heterocycles. The lowest BCUT2D eigenvalue weighted by molar-refractivity contribution is 0.0514. The Kier molecular flexibility index (Phi) is 6.05. The molecule has 8 nitrogen and oxygen atoms in total. The molecule has 2 aromatic rings. The van der Waals surface area contributed by atoms with Gasteiger partial charge in [0, 0.05) is 39.8 Å². The van der Waals surface area contributed by atoms with Crippen molar-refractivity contribution in [1.29, 1.82) is 0 Å². The van der Waals surface area contributed by atoms with E-state index in [2.05, 4.69) is 17.1 Å². The second-order valence-corrected chi connectivity index (χ2v) is 6.61. The van der Waals surface area contributed by atoms with Crippen molar-refractivity contribution < 1.29 is 14.0 Å². The van der Waals surface area contributed by atoms with E-state index in [1.54, 1.807) is 28.0 Å². The van der Waals surface area contributed by atoms with Gasteiger partial charge in [0.2, 0.25) is 0 Å². The SMILES string of the molecule is CCCCN(C)c1ccc(C(=O)N2CCN(C(=O)c3ccco3)CC2)nn1. The molecule has 1 fully saturated rings. The molecule has 144 valence electrons. The fourth-order valence-corrected chi connectivity index (χ4v) is 2.98. The standard InChI is InChI=1S/C19H25N5O3/c1-3-4-9-22(2)17-8-7-15(20-21-17)18(25)23-10-12-24(13-11-23)19(26)16-6-5-14-27-16/h5-8,14H,3-4,9-13H2,1-2H3. The molecule has 3 rings (SSSR count). The maximum atomic E-state index is 12.6. The van der Waals surface area contributed by atoms with Crippen molar-refractivity contribution in [3.8, 4) is 0 Å². The number of aromatic nitrogens is 2. The Balaban J connectivity index is 1.55. The largest absolute Gasteiger partial charge is 0.459 e. The van der Waals surface area contributed by atoms with E-state index in [9.17, 15) is 9.59 Å². The monoisotopic (exact) mass is 371 g/mol. The van der Waals surface area contributed by atoms with E-state index in [0.29, 0.717) is 37.6 Å². The zero-order chi connectivity index (χ0) is 19.2. The van der Waals surface area contributed by atoms with Gasteiger partial charge in [-0.2, -0.15) is 0 Å². The number of hydrogen-bond acceptors (Lipinski definition) is 6. The third-order valence-electron chi connectivity index (χ3n) is 4.69. The van der Waals surface area contributed by atoms with Crippen LogP contribution in [0.15, 0.2) is 34.9 Å². The minimum Gasteiger partial charge on any atom is -0.459 e. The van der Waals surface area contributed by atoms with E-state index in [1.807, 2.05) is 18.0 Å². The summed E-state index contributed by atoms with van der Waals surface area (Å²) < 4.78 is 5.15. The van der Waals surface area contributed by atoms with Gasteiger partial charge in [-0.15, -0.1) is 10.2 Å². The van der Waals surface area contributed by atoms with Crippen LogP contribution in [0.4, 0.5) is 5.82 Å². The zero-order valence-electron chi connectivity index (χ0n) is 15.8. The molecule has 1 aliphatic heterocycles. The number of piperazine rings is 1. The van der Waals surface area contributed by atoms with Crippen LogP contribution in [0.25, 0.3) is 0 Å². The number of furan rings is 1. The smallest absolute Gasteiger partial charge is 0.289 e. The number of unbranched alkanes of at least 4 members (excludes halogenated alkanes) is 1. The molecule has 0 atom stereocenters. The van der Waals surface area contributed by atoms with Crippen LogP contribution in [0.3, 0.4) is 0 Å². The van der Waals surface area contributed by atoms with E-state index in [0.717, 1.165) is 25.2 Å². The van der Waals surface area contributed by atoms with Crippen molar-refractivity contribution in [2.75, 3.05) is 44.7 Å². The first-order valence-corrected chi connectivity index (χ1v) is 9.27. The van der Waals surface area contributed by atoms with Gasteiger partial charge in [0.25, 0.3) is 11.8 Å². The van der Waals surface area contributed by atoms with Gasteiger partial charge in [-0.3, -0.25) is 9.59 Å². The quantitative estimate of drug-likeness (QED) is 0.771. The molecule has 27 heavy (non-hydrogen) atoms. The molecule has 1 saturated heterocycles. The minimum absolute atomic E-state index is 0.147. The molecule has 0 radical (unpaired) electrons. The van der Waals surface area contributed by atoms with Crippen molar-refractivity contribution >= 4 is 17.6 Å². The fraction of sp³-hybridized carbons (Fsp3) is 0.474. The van der Waals surface area contributed by atoms with Gasteiger partial charge in [-0.05, 0) is 30.7 Å². The number of carbonyl (C=O) groups is 2. The van der Waals surface area contributed by atoms with Gasteiger partial charge in [0.1, 0.15) is 0 Å². The number of hydrogen-bond donors (Lipinski definition) is 0. The van der Waals surface area contributed by atoms with Crippen LogP contribution >= 0.6 is 0 Å². The zero-order valence-corrected chi connectivity index (χ0v) is 15.8. The maximum absolute atomic E-state index is 12.6. The van der Waals surface area contributed by atoms with Crippen molar-refractivity contribution in [1.82, 2.24) is 20.0 Å². The molecule has 8 heteroatoms. The summed E-state index contributed by atoms with van der Waals surface area (Å²) in [5.74, 6) is 0.777. The van der Waals surface area contributed by atoms with Gasteiger partial charge < -0.3 is 19.1 Å². The Morgan fingerprint density at radius 1 is 1.07 bits per heavy atom. The summed E-state index contributed by atoms with van der Waals surface area (Å²) in [6.45, 7) is 4.91. The van der Waals surface area contributed by atoms with Crippen LogP contribution in [0, 0.1) is 0 Å². The molecule has 0 spiro atoms. The summed E-state index contributed by atoms with van der Waals surface area (Å²) >= 11 is 0. The number of rotatable bonds is 6. The Morgan fingerprint density at radius 2 is 1.78 bits per heavy atom. The fourth-order valence-electron chi connectivity index (χ4n) is 2.98. The highest BCUT2D eigenvalue weighted by molar-refractivity contribution is 5.93. The number of nitrogens with zero attached hydrogens (tertiary/aromatic N) is 5. The Hall–Kier alpha value is -2.90. The van der Waals surface area contributed by atoms with Crippen LogP contribution in [0.2, 0.25) is 0 Å². The number of amides is 2. The van der Waals surface area contributed by atoms with Crippen molar-refractivity contribution in [3.05, 3.63) is 42.0 Å². The van der Waals surface area contributed by atoms with E-state index in [1.165, 1.54) is 6.26 Å². The van der Waals surface area contributed by atoms with Crippen LogP contribution in [0.1, 0.15) is 40.8 Å². The second-order valence-electron chi connectivity index (χ2n) is 6.61. The molecular weight excluding hydrogens is 346 g/mol. The maximum Gasteiger partial charge on any atom is 0.289 e. The average Bonchev–Trinajstić information content (AvgIpc) is 3.26. The van der Waals surface area contributed by atoms with E-state index in [-0.39, 0.29) is 11.8 Å². The molecule has 0 unspecified atom stereocenters. The Morgan fingerprint density at radius 3 is 2.33 bits per heavy atom. The number of carbonyl (C=O) groups excluding carboxylic acids is 2. The minimum atomic E-state index is -0.157. The highest BCUT2D eigenvalue weighted by Crippen LogP contribution is 2.13. The molecular formula is C19H25N5O3. The second kappa shape index (κ2) is 8.66. The summed E-state index contributed by atoms with van der Waals surface area (Å²) in [4.78, 5) is 30.4. The predicted molar refractivity (Wildman–Crippen MR) is 101 cm³/mol. The van der Waals surface area contributed by atoms with Gasteiger partial charge >= 0.3 is 0 Å². The first-order chi connectivity index (χ1) is 13.1. The van der Waals surface area contributed by atoms with Gasteiger partial charge in [0.05, 0.1) is 6.26 Å². The van der Waals surface area contributed by atoms with Crippen LogP contribution < -0.4 is 4.90 Å². The molecule has 0 bridgehead atoms. The molecule has 0 N–H and O–H groups in total. The molecule has 1 aliphatic rings.